The fourth-order valence-electron chi connectivity index (χ4n) is 9.84. The number of carbonyl (C=O) groups excluding carboxylic acids is 5. The highest BCUT2D eigenvalue weighted by Gasteiger charge is 2.29. The smallest absolute Gasteiger partial charge is 0.444 e. The normalized spacial score (nSPS) is 11.4. The summed E-state index contributed by atoms with van der Waals surface area (Å²) in [5.41, 5.74) is -0.701. The van der Waals surface area contributed by atoms with Gasteiger partial charge in [0.1, 0.15) is 5.60 Å². The van der Waals surface area contributed by atoms with Crippen LogP contribution in [0.5, 0.6) is 0 Å². The molecule has 0 aromatic carbocycles. The zero-order chi connectivity index (χ0) is 79.1. The van der Waals surface area contributed by atoms with Gasteiger partial charge in [0, 0.05) is 90.8 Å². The van der Waals surface area contributed by atoms with Crippen molar-refractivity contribution in [2.45, 2.75) is 310 Å². The zero-order valence-corrected chi connectivity index (χ0v) is 67.2. The van der Waals surface area contributed by atoms with Gasteiger partial charge < -0.3 is 45.9 Å². The summed E-state index contributed by atoms with van der Waals surface area (Å²) in [6.07, 6.45) is 38.0. The summed E-state index contributed by atoms with van der Waals surface area (Å²) in [6.45, 7) is 20.7. The first-order valence-electron chi connectivity index (χ1n) is 38.9. The SMILES string of the molecule is C=CCOP(=O)(OCCNC(=O)OC(C)(C)C)OC[C@@H](COCC[C@H](CCCCCCC)NC(=O)CCCCCCCCCCC)NC(=O)C#CC#CC#CC#CC#CC#CC.CC#CC#CC#CC#CC#CC#CC(=O)N[C@@H](CO)COCC[C@H](CCCCCCC)NC(=O)CCCCCCCCCCC.[HH].[HH].[HH].[HH].[HH].[HH].[HH].[HH].[HH].[HH].[HH].[HH].[HH].[HH].[HH].[HH].[HH].[HH].[HH].[HH].[HH].[HH].[HH].[HH]. The number of aliphatic hydroxyl groups is 1. The van der Waals surface area contributed by atoms with Crippen molar-refractivity contribution in [2.24, 2.45) is 0 Å². The highest BCUT2D eigenvalue weighted by molar-refractivity contribution is 7.48. The fraction of sp³-hybridized carbons (Fsp3) is 0.648. The molecule has 5 atom stereocenters. The standard InChI is InChI=1S/C49H72N3O9P.C39H54N2O4.24H2/c1-8-12-15-18-20-22-23-25-27-30-33-36-47(54)52-45(43-60-62(56,58-39-11-4)59-41-38-50-48(55)61-49(5,6)7)42-57-40-37-44(34-31-28-17-14-10-3)51-46(53)35-32-29-26-24-21-19-16-13-9-2;1-4-7-10-13-15-17-18-20-22-25-28-31-39(44)41-37(34-42)35-45-33-32-36(29-26-23-12-9-6-3)40-38(43)30-27-24-21-19-16-14-11-8-5-2;;;;;;;;;;;;;;;;;;;;;;;;/h11,44-45H,4,9-10,13-14,16-17,19,21,24,26,28-29,31-32,34-35,37-43H2,1-3,5-7H3,(H,50,55)(H,51,53)(H,52,54);36-37,42H,5-6,8-9,11-12,14,16,19,21,23-24,26-27,29-30,32-35H2,1-3H3,(H,40,43)(H,41,44);24*1H/t44-,45+,62?;36-,37-;;;;;;;;;;;;;;;;;;;;;;;;/m00......................../s1. The van der Waals surface area contributed by atoms with E-state index in [0.29, 0.717) is 32.3 Å². The van der Waals surface area contributed by atoms with Crippen molar-refractivity contribution in [3.8, 4) is 142 Å². The van der Waals surface area contributed by atoms with E-state index in [9.17, 15) is 33.6 Å². The van der Waals surface area contributed by atoms with E-state index in [0.717, 1.165) is 83.5 Å². The second kappa shape index (κ2) is 75.8. The van der Waals surface area contributed by atoms with E-state index >= 15 is 0 Å². The Morgan fingerprint density at radius 2 is 0.766 bits per heavy atom. The van der Waals surface area contributed by atoms with Crippen molar-refractivity contribution < 1.29 is 95.7 Å². The Kier molecular flexibility index (Phi) is 71.3. The van der Waals surface area contributed by atoms with E-state index < -0.39 is 43.4 Å². The van der Waals surface area contributed by atoms with Crippen LogP contribution < -0.4 is 26.6 Å². The molecule has 0 aromatic rings. The number of ether oxygens (including phenoxy) is 3. The van der Waals surface area contributed by atoms with Gasteiger partial charge in [-0.2, -0.15) is 0 Å². The van der Waals surface area contributed by atoms with Crippen LogP contribution in [0.1, 0.15) is 315 Å². The maximum atomic E-state index is 13.5. The lowest BCUT2D eigenvalue weighted by molar-refractivity contribution is -0.123. The lowest BCUT2D eigenvalue weighted by atomic mass is 10.0. The lowest BCUT2D eigenvalue weighted by Crippen LogP contribution is -2.41. The summed E-state index contributed by atoms with van der Waals surface area (Å²) >= 11 is 0. The number of aliphatic hydroxyl groups excluding tert-OH is 1. The Bertz CT molecular complexity index is 3450. The first-order valence-corrected chi connectivity index (χ1v) is 40.3. The molecule has 0 spiro atoms. The van der Waals surface area contributed by atoms with E-state index in [1.807, 2.05) is 0 Å². The van der Waals surface area contributed by atoms with Gasteiger partial charge in [-0.25, -0.2) is 9.36 Å². The first-order chi connectivity index (χ1) is 51.9. The molecule has 0 fully saturated rings. The Balaban J connectivity index is -0.0000000611. The van der Waals surface area contributed by atoms with Crippen molar-refractivity contribution in [1.82, 2.24) is 26.6 Å². The number of hydrogen-bond acceptors (Lipinski definition) is 13. The van der Waals surface area contributed by atoms with E-state index in [4.69, 9.17) is 27.8 Å². The van der Waals surface area contributed by atoms with Gasteiger partial charge in [0.2, 0.25) is 11.8 Å². The van der Waals surface area contributed by atoms with Crippen LogP contribution in [0, 0.1) is 142 Å². The van der Waals surface area contributed by atoms with Gasteiger partial charge >= 0.3 is 13.9 Å². The summed E-state index contributed by atoms with van der Waals surface area (Å²) in [5.74, 6) is 58.9. The number of amides is 5. The van der Waals surface area contributed by atoms with Crippen molar-refractivity contribution >= 4 is 37.5 Å². The summed E-state index contributed by atoms with van der Waals surface area (Å²) in [7, 11) is -4.21. The number of alkyl carbamates (subject to hydrolysis) is 1. The van der Waals surface area contributed by atoms with Crippen molar-refractivity contribution in [3.05, 3.63) is 12.7 Å². The lowest BCUT2D eigenvalue weighted by Gasteiger charge is -2.23. The number of unbranched alkanes of at least 4 members (excludes halogenated alkanes) is 24. The quantitative estimate of drug-likeness (QED) is 0.0144. The molecule has 1 unspecified atom stereocenters. The summed E-state index contributed by atoms with van der Waals surface area (Å²) in [4.78, 5) is 62.6. The predicted octanol–water partition coefficient (Wildman–Crippen LogP) is 20.1. The molecule has 0 aromatic heterocycles. The average Bonchev–Trinajstić information content (AvgIpc) is 0.882. The molecule has 0 saturated carbocycles. The van der Waals surface area contributed by atoms with E-state index in [1.165, 1.54) is 115 Å². The maximum Gasteiger partial charge on any atom is 0.475 e. The monoisotopic (exact) mass is 1540 g/mol. The Labute approximate surface area is 682 Å². The molecule has 18 nitrogen and oxygen atoms in total. The summed E-state index contributed by atoms with van der Waals surface area (Å²) in [5, 5.41) is 23.9. The molecule has 0 saturated heterocycles. The Morgan fingerprint density at radius 1 is 0.421 bits per heavy atom. The highest BCUT2D eigenvalue weighted by atomic mass is 31.2. The average molecular weight is 1540 g/mol. The molecule has 0 radical (unpaired) electrons. The Hall–Kier alpha value is -8.40. The van der Waals surface area contributed by atoms with Crippen LogP contribution in [0.15, 0.2) is 12.7 Å². The highest BCUT2D eigenvalue weighted by Crippen LogP contribution is 2.49. The molecule has 0 aliphatic carbocycles. The third kappa shape index (κ3) is 74.3. The molecule has 0 aliphatic heterocycles. The van der Waals surface area contributed by atoms with Crippen molar-refractivity contribution in [3.63, 3.8) is 0 Å². The van der Waals surface area contributed by atoms with Crippen LogP contribution >= 0.6 is 7.82 Å². The number of phosphoric ester groups is 1. The molecular formula is C88H174N5O13P. The van der Waals surface area contributed by atoms with Gasteiger partial charge in [0.05, 0.1) is 51.7 Å². The predicted molar refractivity (Wildman–Crippen MR) is 481 cm³/mol. The largest absolute Gasteiger partial charge is 0.475 e. The summed E-state index contributed by atoms with van der Waals surface area (Å²) in [6, 6.07) is -1.45. The second-order valence-corrected chi connectivity index (χ2v) is 27.9. The molecule has 0 bridgehead atoms. The number of rotatable bonds is 57. The molecule has 0 rings (SSSR count). The van der Waals surface area contributed by atoms with Gasteiger partial charge in [0.25, 0.3) is 11.8 Å². The van der Waals surface area contributed by atoms with Crippen molar-refractivity contribution in [2.75, 3.05) is 59.4 Å². The maximum absolute atomic E-state index is 13.5. The number of hydrogen-bond donors (Lipinski definition) is 6. The minimum absolute atomic E-state index is 0. The molecule has 107 heavy (non-hydrogen) atoms. The molecule has 634 valence electrons. The van der Waals surface area contributed by atoms with E-state index in [1.54, 1.807) is 34.6 Å². The molecule has 0 heterocycles. The molecular weight excluding hydrogens is 1370 g/mol. The minimum Gasteiger partial charge on any atom is -0.444 e. The number of nitrogens with one attached hydrogen (secondary N) is 5. The van der Waals surface area contributed by atoms with E-state index in [2.05, 4.69) is 203 Å². The summed E-state index contributed by atoms with van der Waals surface area (Å²) < 4.78 is 47.0. The molecule has 6 N–H and O–H groups in total. The molecule has 0 aliphatic rings. The second-order valence-electron chi connectivity index (χ2n) is 26.2. The zero-order valence-electron chi connectivity index (χ0n) is 66.3. The third-order valence-electron chi connectivity index (χ3n) is 15.3. The van der Waals surface area contributed by atoms with E-state index in [-0.39, 0.29) is 111 Å². The van der Waals surface area contributed by atoms with Crippen LogP contribution in [0.4, 0.5) is 4.79 Å². The van der Waals surface area contributed by atoms with Crippen molar-refractivity contribution in [1.29, 1.82) is 0 Å². The van der Waals surface area contributed by atoms with Gasteiger partial charge in [-0.05, 0) is 192 Å². The first kappa shape index (κ1) is 101. The van der Waals surface area contributed by atoms with Crippen LogP contribution in [0.2, 0.25) is 0 Å². The Morgan fingerprint density at radius 3 is 1.13 bits per heavy atom. The number of carbonyl (C=O) groups is 5. The third-order valence-corrected chi connectivity index (χ3v) is 16.8. The molecule has 19 heteroatoms. The number of phosphoric acid groups is 1. The fourth-order valence-corrected chi connectivity index (χ4v) is 11.0. The van der Waals surface area contributed by atoms with Gasteiger partial charge in [-0.15, -0.1) is 6.58 Å². The van der Waals surface area contributed by atoms with Crippen LogP contribution in [-0.4, -0.2) is 124 Å². The van der Waals surface area contributed by atoms with Gasteiger partial charge in [-0.1, -0.05) is 213 Å². The minimum atomic E-state index is -4.21. The molecule has 5 amide bonds. The van der Waals surface area contributed by atoms with Gasteiger partial charge in [-0.3, -0.25) is 32.7 Å². The van der Waals surface area contributed by atoms with Crippen LogP contribution in [0.3, 0.4) is 0 Å². The van der Waals surface area contributed by atoms with Crippen LogP contribution in [0.25, 0.3) is 0 Å². The van der Waals surface area contributed by atoms with Crippen LogP contribution in [-0.2, 0) is 51.5 Å². The topological polar surface area (TPSA) is 238 Å². The van der Waals surface area contributed by atoms with Gasteiger partial charge in [0.15, 0.2) is 0 Å².